The topological polar surface area (TPSA) is 35.2 Å². The quantitative estimate of drug-likeness (QED) is 0.838. The fraction of sp³-hybridized carbons (Fsp3) is 0.0769. The van der Waals surface area contributed by atoms with E-state index in [1.54, 1.807) is 0 Å². The molecule has 16 heavy (non-hydrogen) atoms. The second kappa shape index (κ2) is 4.58. The van der Waals surface area contributed by atoms with Crippen LogP contribution in [0.15, 0.2) is 46.9 Å². The van der Waals surface area contributed by atoms with E-state index >= 15 is 0 Å². The van der Waals surface area contributed by atoms with Gasteiger partial charge in [0, 0.05) is 4.47 Å². The predicted octanol–water partition coefficient (Wildman–Crippen LogP) is 4.13. The third-order valence-corrected chi connectivity index (χ3v) is 2.69. The first-order valence-electron chi connectivity index (χ1n) is 4.95. The molecule has 0 saturated heterocycles. The molecule has 0 aliphatic rings. The molecule has 2 N–H and O–H groups in total. The van der Waals surface area contributed by atoms with Crippen molar-refractivity contribution in [3.8, 4) is 11.5 Å². The first-order chi connectivity index (χ1) is 7.65. The highest BCUT2D eigenvalue weighted by molar-refractivity contribution is 9.10. The molecule has 0 spiro atoms. The first-order valence-corrected chi connectivity index (χ1v) is 5.74. The minimum atomic E-state index is 0.644. The summed E-state index contributed by atoms with van der Waals surface area (Å²) in [6, 6.07) is 13.4. The van der Waals surface area contributed by atoms with E-state index in [0.717, 1.165) is 15.8 Å². The lowest BCUT2D eigenvalue weighted by Gasteiger charge is -2.09. The smallest absolute Gasteiger partial charge is 0.150 e. The molecular formula is C13H12BrNO. The van der Waals surface area contributed by atoms with E-state index in [4.69, 9.17) is 10.5 Å². The van der Waals surface area contributed by atoms with Crippen molar-refractivity contribution in [1.29, 1.82) is 0 Å². The van der Waals surface area contributed by atoms with Crippen LogP contribution in [-0.2, 0) is 0 Å². The van der Waals surface area contributed by atoms with Gasteiger partial charge in [-0.05, 0) is 42.8 Å². The van der Waals surface area contributed by atoms with Crippen LogP contribution in [0, 0.1) is 6.92 Å². The average Bonchev–Trinajstić information content (AvgIpc) is 2.24. The number of halogens is 1. The number of ether oxygens (including phenoxy) is 1. The molecule has 2 nitrogen and oxygen atoms in total. The molecule has 2 aromatic rings. The van der Waals surface area contributed by atoms with Gasteiger partial charge in [0.1, 0.15) is 5.75 Å². The number of hydrogen-bond acceptors (Lipinski definition) is 2. The predicted molar refractivity (Wildman–Crippen MR) is 69.8 cm³/mol. The first kappa shape index (κ1) is 11.0. The zero-order valence-electron chi connectivity index (χ0n) is 8.91. The standard InChI is InChI=1S/C13H12BrNO/c1-9-5-6-12(15)13(7-9)16-11-4-2-3-10(14)8-11/h2-8H,15H2,1H3. The average molecular weight is 278 g/mol. The van der Waals surface area contributed by atoms with E-state index in [0.29, 0.717) is 11.4 Å². The minimum absolute atomic E-state index is 0.644. The summed E-state index contributed by atoms with van der Waals surface area (Å²) in [7, 11) is 0. The summed E-state index contributed by atoms with van der Waals surface area (Å²) >= 11 is 3.40. The molecule has 0 unspecified atom stereocenters. The highest BCUT2D eigenvalue weighted by Gasteiger charge is 2.02. The second-order valence-electron chi connectivity index (χ2n) is 3.60. The molecule has 0 fully saturated rings. The van der Waals surface area contributed by atoms with E-state index in [1.807, 2.05) is 49.4 Å². The Morgan fingerprint density at radius 3 is 2.69 bits per heavy atom. The van der Waals surface area contributed by atoms with Gasteiger partial charge < -0.3 is 10.5 Å². The van der Waals surface area contributed by atoms with Gasteiger partial charge in [0.05, 0.1) is 5.69 Å². The van der Waals surface area contributed by atoms with Crippen molar-refractivity contribution in [3.63, 3.8) is 0 Å². The van der Waals surface area contributed by atoms with Crippen molar-refractivity contribution in [2.45, 2.75) is 6.92 Å². The maximum Gasteiger partial charge on any atom is 0.150 e. The lowest BCUT2D eigenvalue weighted by atomic mass is 10.2. The summed E-state index contributed by atoms with van der Waals surface area (Å²) in [5.74, 6) is 1.46. The zero-order chi connectivity index (χ0) is 11.5. The van der Waals surface area contributed by atoms with Crippen LogP contribution in [0.4, 0.5) is 5.69 Å². The van der Waals surface area contributed by atoms with Gasteiger partial charge in [0.2, 0.25) is 0 Å². The van der Waals surface area contributed by atoms with E-state index < -0.39 is 0 Å². The SMILES string of the molecule is Cc1ccc(N)c(Oc2cccc(Br)c2)c1. The largest absolute Gasteiger partial charge is 0.455 e. The number of anilines is 1. The summed E-state index contributed by atoms with van der Waals surface area (Å²) in [6.07, 6.45) is 0. The Morgan fingerprint density at radius 1 is 1.12 bits per heavy atom. The molecule has 0 aliphatic carbocycles. The van der Waals surface area contributed by atoms with Crippen LogP contribution in [0.2, 0.25) is 0 Å². The monoisotopic (exact) mass is 277 g/mol. The molecule has 0 aromatic heterocycles. The van der Waals surface area contributed by atoms with E-state index in [-0.39, 0.29) is 0 Å². The van der Waals surface area contributed by atoms with Gasteiger partial charge in [-0.25, -0.2) is 0 Å². The van der Waals surface area contributed by atoms with Crippen LogP contribution in [-0.4, -0.2) is 0 Å². The van der Waals surface area contributed by atoms with E-state index in [9.17, 15) is 0 Å². The zero-order valence-corrected chi connectivity index (χ0v) is 10.5. The third-order valence-electron chi connectivity index (χ3n) is 2.19. The second-order valence-corrected chi connectivity index (χ2v) is 4.52. The molecule has 0 aliphatic heterocycles. The molecule has 0 bridgehead atoms. The lowest BCUT2D eigenvalue weighted by molar-refractivity contribution is 0.484. The summed E-state index contributed by atoms with van der Waals surface area (Å²) in [5, 5.41) is 0. The molecule has 82 valence electrons. The van der Waals surface area contributed by atoms with Crippen LogP contribution < -0.4 is 10.5 Å². The number of nitrogens with two attached hydrogens (primary N) is 1. The molecule has 0 heterocycles. The van der Waals surface area contributed by atoms with Crippen LogP contribution in [0.1, 0.15) is 5.56 Å². The van der Waals surface area contributed by atoms with E-state index in [2.05, 4.69) is 15.9 Å². The maximum atomic E-state index is 5.84. The Hall–Kier alpha value is -1.48. The van der Waals surface area contributed by atoms with Gasteiger partial charge in [-0.2, -0.15) is 0 Å². The fourth-order valence-electron chi connectivity index (χ4n) is 1.39. The van der Waals surface area contributed by atoms with Crippen molar-refractivity contribution >= 4 is 21.6 Å². The third kappa shape index (κ3) is 2.55. The Morgan fingerprint density at radius 2 is 1.94 bits per heavy atom. The summed E-state index contributed by atoms with van der Waals surface area (Å²) in [6.45, 7) is 2.01. The number of hydrogen-bond donors (Lipinski definition) is 1. The van der Waals surface area contributed by atoms with Crippen molar-refractivity contribution < 1.29 is 4.74 Å². The normalized spacial score (nSPS) is 10.1. The highest BCUT2D eigenvalue weighted by atomic mass is 79.9. The van der Waals surface area contributed by atoms with Gasteiger partial charge in [0.25, 0.3) is 0 Å². The Balaban J connectivity index is 2.30. The Kier molecular flexibility index (Phi) is 3.15. The van der Waals surface area contributed by atoms with Gasteiger partial charge in [0.15, 0.2) is 5.75 Å². The number of rotatable bonds is 2. The van der Waals surface area contributed by atoms with Crippen LogP contribution in [0.5, 0.6) is 11.5 Å². The maximum absolute atomic E-state index is 5.84. The van der Waals surface area contributed by atoms with Crippen LogP contribution in [0.25, 0.3) is 0 Å². The molecule has 0 amide bonds. The fourth-order valence-corrected chi connectivity index (χ4v) is 1.77. The number of aryl methyl sites for hydroxylation is 1. The van der Waals surface area contributed by atoms with Gasteiger partial charge in [-0.1, -0.05) is 28.1 Å². The molecule has 0 radical (unpaired) electrons. The van der Waals surface area contributed by atoms with Gasteiger partial charge >= 0.3 is 0 Å². The van der Waals surface area contributed by atoms with Gasteiger partial charge in [-0.3, -0.25) is 0 Å². The molecule has 2 rings (SSSR count). The molecule has 0 atom stereocenters. The van der Waals surface area contributed by atoms with Crippen molar-refractivity contribution in [2.24, 2.45) is 0 Å². The molecular weight excluding hydrogens is 266 g/mol. The van der Waals surface area contributed by atoms with Gasteiger partial charge in [-0.15, -0.1) is 0 Å². The van der Waals surface area contributed by atoms with Crippen molar-refractivity contribution in [1.82, 2.24) is 0 Å². The minimum Gasteiger partial charge on any atom is -0.455 e. The lowest BCUT2D eigenvalue weighted by Crippen LogP contribution is -1.92. The summed E-state index contributed by atoms with van der Waals surface area (Å²) in [5.41, 5.74) is 7.61. The summed E-state index contributed by atoms with van der Waals surface area (Å²) < 4.78 is 6.70. The molecule has 0 saturated carbocycles. The molecule has 3 heteroatoms. The number of benzene rings is 2. The van der Waals surface area contributed by atoms with Crippen molar-refractivity contribution in [2.75, 3.05) is 5.73 Å². The van der Waals surface area contributed by atoms with E-state index in [1.165, 1.54) is 0 Å². The van der Waals surface area contributed by atoms with Crippen LogP contribution in [0.3, 0.4) is 0 Å². The highest BCUT2D eigenvalue weighted by Crippen LogP contribution is 2.29. The van der Waals surface area contributed by atoms with Crippen molar-refractivity contribution in [3.05, 3.63) is 52.5 Å². The Labute approximate surface area is 103 Å². The van der Waals surface area contributed by atoms with Crippen LogP contribution >= 0.6 is 15.9 Å². The summed E-state index contributed by atoms with van der Waals surface area (Å²) in [4.78, 5) is 0. The Bertz CT molecular complexity index is 511. The number of nitrogen functional groups attached to an aromatic ring is 1. The molecule has 2 aromatic carbocycles.